The number of anilines is 1. The van der Waals surface area contributed by atoms with Crippen LogP contribution in [0.5, 0.6) is 0 Å². The van der Waals surface area contributed by atoms with Crippen molar-refractivity contribution in [3.05, 3.63) is 65.2 Å². The van der Waals surface area contributed by atoms with Crippen molar-refractivity contribution >= 4 is 34.2 Å². The Bertz CT molecular complexity index is 927. The Morgan fingerprint density at radius 1 is 1.30 bits per heavy atom. The molecule has 2 aliphatic heterocycles. The zero-order valence-corrected chi connectivity index (χ0v) is 15.7. The standard InChI is InChI=1S/C20H20N4O2S/c1-13-18(21-22-20(25)27-13)16-9-10-17-15(12-16)8-5-11-24(17)19(23-26)14-6-3-2-4-7-14/h2-4,6-7,9-10,12-13,26H,5,8,11H2,1H3,(H,22,25). The van der Waals surface area contributed by atoms with Gasteiger partial charge in [-0.3, -0.25) is 4.79 Å². The fourth-order valence-electron chi connectivity index (χ4n) is 3.57. The SMILES string of the molecule is CC1SC(=O)NN=C1c1ccc2c(c1)CCCN2C(=NO)c1ccccc1. The van der Waals surface area contributed by atoms with Crippen LogP contribution in [0.3, 0.4) is 0 Å². The number of amides is 1. The summed E-state index contributed by atoms with van der Waals surface area (Å²) in [7, 11) is 0. The summed E-state index contributed by atoms with van der Waals surface area (Å²) >= 11 is 1.24. The van der Waals surface area contributed by atoms with Gasteiger partial charge in [0.2, 0.25) is 0 Å². The van der Waals surface area contributed by atoms with Gasteiger partial charge >= 0.3 is 0 Å². The molecule has 2 N–H and O–H groups in total. The molecule has 2 aromatic rings. The third kappa shape index (κ3) is 3.42. The molecule has 0 saturated heterocycles. The topological polar surface area (TPSA) is 77.3 Å². The number of fused-ring (bicyclic) bond motifs is 1. The van der Waals surface area contributed by atoms with E-state index in [1.807, 2.05) is 49.4 Å². The minimum atomic E-state index is -0.123. The Balaban J connectivity index is 1.69. The summed E-state index contributed by atoms with van der Waals surface area (Å²) in [6.07, 6.45) is 1.92. The van der Waals surface area contributed by atoms with Crippen LogP contribution in [0.25, 0.3) is 0 Å². The second kappa shape index (κ2) is 7.44. The molecule has 2 aliphatic rings. The molecule has 2 aromatic carbocycles. The van der Waals surface area contributed by atoms with E-state index in [0.717, 1.165) is 41.9 Å². The van der Waals surface area contributed by atoms with E-state index in [4.69, 9.17) is 0 Å². The largest absolute Gasteiger partial charge is 0.409 e. The highest BCUT2D eigenvalue weighted by Gasteiger charge is 2.26. The zero-order chi connectivity index (χ0) is 18.8. The third-order valence-corrected chi connectivity index (χ3v) is 5.69. The van der Waals surface area contributed by atoms with Crippen LogP contribution in [-0.2, 0) is 6.42 Å². The molecule has 2 heterocycles. The van der Waals surface area contributed by atoms with Crippen LogP contribution >= 0.6 is 11.8 Å². The van der Waals surface area contributed by atoms with Gasteiger partial charge < -0.3 is 10.1 Å². The molecule has 0 aliphatic carbocycles. The average molecular weight is 380 g/mol. The van der Waals surface area contributed by atoms with Gasteiger partial charge in [-0.2, -0.15) is 5.10 Å². The van der Waals surface area contributed by atoms with E-state index in [0.29, 0.717) is 5.84 Å². The molecular formula is C20H20N4O2S. The number of amidine groups is 1. The first-order valence-corrected chi connectivity index (χ1v) is 9.78. The molecule has 4 rings (SSSR count). The summed E-state index contributed by atoms with van der Waals surface area (Å²) < 4.78 is 0. The highest BCUT2D eigenvalue weighted by molar-refractivity contribution is 8.14. The third-order valence-electron chi connectivity index (χ3n) is 4.81. The molecule has 6 nitrogen and oxygen atoms in total. The van der Waals surface area contributed by atoms with Crippen LogP contribution in [0.1, 0.15) is 30.0 Å². The second-order valence-corrected chi connectivity index (χ2v) is 7.86. The molecule has 1 atom stereocenters. The summed E-state index contributed by atoms with van der Waals surface area (Å²) in [5.41, 5.74) is 7.54. The lowest BCUT2D eigenvalue weighted by atomic mass is 9.96. The molecule has 7 heteroatoms. The van der Waals surface area contributed by atoms with Crippen molar-refractivity contribution in [2.75, 3.05) is 11.4 Å². The van der Waals surface area contributed by atoms with Gasteiger partial charge in [0, 0.05) is 17.8 Å². The smallest absolute Gasteiger partial charge is 0.299 e. The molecule has 0 radical (unpaired) electrons. The number of nitrogens with one attached hydrogen (secondary N) is 1. The van der Waals surface area contributed by atoms with Crippen molar-refractivity contribution in [2.45, 2.75) is 25.0 Å². The van der Waals surface area contributed by atoms with Gasteiger partial charge in [-0.1, -0.05) is 53.3 Å². The van der Waals surface area contributed by atoms with Gasteiger partial charge in [-0.15, -0.1) is 0 Å². The van der Waals surface area contributed by atoms with Crippen LogP contribution in [0.15, 0.2) is 58.8 Å². The fourth-order valence-corrected chi connectivity index (χ4v) is 4.29. The van der Waals surface area contributed by atoms with Crippen molar-refractivity contribution in [1.29, 1.82) is 0 Å². The van der Waals surface area contributed by atoms with E-state index in [2.05, 4.69) is 26.6 Å². The lowest BCUT2D eigenvalue weighted by molar-refractivity contribution is 0.261. The van der Waals surface area contributed by atoms with E-state index in [1.54, 1.807) is 0 Å². The lowest BCUT2D eigenvalue weighted by Gasteiger charge is -2.32. The Labute approximate surface area is 161 Å². The maximum Gasteiger partial charge on any atom is 0.299 e. The fraction of sp³-hybridized carbons (Fsp3) is 0.250. The van der Waals surface area contributed by atoms with Crippen LogP contribution < -0.4 is 10.3 Å². The number of benzene rings is 2. The van der Waals surface area contributed by atoms with E-state index >= 15 is 0 Å². The molecule has 0 bridgehead atoms. The predicted octanol–water partition coefficient (Wildman–Crippen LogP) is 3.82. The van der Waals surface area contributed by atoms with E-state index in [1.165, 1.54) is 17.3 Å². The Morgan fingerprint density at radius 2 is 2.11 bits per heavy atom. The number of aryl methyl sites for hydroxylation is 1. The van der Waals surface area contributed by atoms with Gasteiger partial charge in [0.25, 0.3) is 5.24 Å². The van der Waals surface area contributed by atoms with Crippen molar-refractivity contribution < 1.29 is 10.0 Å². The molecule has 1 amide bonds. The van der Waals surface area contributed by atoms with Crippen LogP contribution in [0.4, 0.5) is 10.5 Å². The highest BCUT2D eigenvalue weighted by Crippen LogP contribution is 2.31. The van der Waals surface area contributed by atoms with Crippen LogP contribution in [0.2, 0.25) is 0 Å². The number of hydrazone groups is 1. The van der Waals surface area contributed by atoms with Gasteiger partial charge in [-0.25, -0.2) is 5.43 Å². The average Bonchev–Trinajstić information content (AvgIpc) is 2.69. The Morgan fingerprint density at radius 3 is 2.85 bits per heavy atom. The molecule has 0 spiro atoms. The molecule has 0 saturated carbocycles. The highest BCUT2D eigenvalue weighted by atomic mass is 32.2. The van der Waals surface area contributed by atoms with Crippen molar-refractivity contribution in [1.82, 2.24) is 5.43 Å². The number of hydrogen-bond acceptors (Lipinski definition) is 5. The van der Waals surface area contributed by atoms with E-state index < -0.39 is 0 Å². The molecule has 1 unspecified atom stereocenters. The summed E-state index contributed by atoms with van der Waals surface area (Å²) in [4.78, 5) is 13.5. The number of hydrogen-bond donors (Lipinski definition) is 2. The van der Waals surface area contributed by atoms with Crippen LogP contribution in [-0.4, -0.2) is 33.8 Å². The maximum atomic E-state index is 11.5. The zero-order valence-electron chi connectivity index (χ0n) is 14.9. The predicted molar refractivity (Wildman–Crippen MR) is 109 cm³/mol. The number of carbonyl (C=O) groups excluding carboxylic acids is 1. The van der Waals surface area contributed by atoms with Crippen molar-refractivity contribution in [2.24, 2.45) is 10.3 Å². The maximum absolute atomic E-state index is 11.5. The summed E-state index contributed by atoms with van der Waals surface area (Å²) in [5.74, 6) is 0.551. The van der Waals surface area contributed by atoms with Gasteiger partial charge in [0.15, 0.2) is 5.84 Å². The first-order chi connectivity index (χ1) is 13.2. The number of thioether (sulfide) groups is 1. The first-order valence-electron chi connectivity index (χ1n) is 8.90. The number of rotatable bonds is 2. The minimum Gasteiger partial charge on any atom is -0.409 e. The molecular weight excluding hydrogens is 360 g/mol. The molecule has 0 aromatic heterocycles. The number of carbonyl (C=O) groups is 1. The Kier molecular flexibility index (Phi) is 4.85. The Hall–Kier alpha value is -2.80. The first kappa shape index (κ1) is 17.6. The molecule has 0 fully saturated rings. The lowest BCUT2D eigenvalue weighted by Crippen LogP contribution is -2.36. The molecule has 138 valence electrons. The molecule has 27 heavy (non-hydrogen) atoms. The normalized spacial score (nSPS) is 20.0. The monoisotopic (exact) mass is 380 g/mol. The number of nitrogens with zero attached hydrogens (tertiary/aromatic N) is 3. The summed E-state index contributed by atoms with van der Waals surface area (Å²) in [6, 6.07) is 15.9. The van der Waals surface area contributed by atoms with Gasteiger partial charge in [0.05, 0.1) is 11.0 Å². The van der Waals surface area contributed by atoms with E-state index in [-0.39, 0.29) is 10.5 Å². The second-order valence-electron chi connectivity index (χ2n) is 6.54. The van der Waals surface area contributed by atoms with Gasteiger partial charge in [0.1, 0.15) is 0 Å². The summed E-state index contributed by atoms with van der Waals surface area (Å²) in [6.45, 7) is 2.78. The van der Waals surface area contributed by atoms with Crippen molar-refractivity contribution in [3.63, 3.8) is 0 Å². The van der Waals surface area contributed by atoms with Crippen molar-refractivity contribution in [3.8, 4) is 0 Å². The minimum absolute atomic E-state index is 0.00961. The number of oxime groups is 1. The quantitative estimate of drug-likeness (QED) is 0.359. The van der Waals surface area contributed by atoms with Crippen LogP contribution in [0, 0.1) is 0 Å². The summed E-state index contributed by atoms with van der Waals surface area (Å²) in [5, 5.41) is 17.4. The van der Waals surface area contributed by atoms with Gasteiger partial charge in [-0.05, 0) is 43.0 Å². The van der Waals surface area contributed by atoms with E-state index in [9.17, 15) is 10.0 Å².